The summed E-state index contributed by atoms with van der Waals surface area (Å²) in [4.78, 5) is 25.6. The molecule has 0 saturated heterocycles. The third-order valence-electron chi connectivity index (χ3n) is 3.69. The van der Waals surface area contributed by atoms with Gasteiger partial charge in [-0.05, 0) is 36.8 Å². The fourth-order valence-corrected chi connectivity index (χ4v) is 2.36. The molecule has 1 N–H and O–H groups in total. The van der Waals surface area contributed by atoms with Gasteiger partial charge in [0.25, 0.3) is 0 Å². The van der Waals surface area contributed by atoms with Crippen molar-refractivity contribution in [3.63, 3.8) is 0 Å². The number of anilines is 1. The van der Waals surface area contributed by atoms with E-state index in [-0.39, 0.29) is 25.0 Å². The lowest BCUT2D eigenvalue weighted by atomic mass is 10.1. The van der Waals surface area contributed by atoms with Crippen LogP contribution in [0.4, 0.5) is 10.5 Å². The smallest absolute Gasteiger partial charge is 0.322 e. The van der Waals surface area contributed by atoms with Crippen molar-refractivity contribution in [3.8, 4) is 0 Å². The summed E-state index contributed by atoms with van der Waals surface area (Å²) < 4.78 is 4.67. The predicted octanol–water partition coefficient (Wildman–Crippen LogP) is 4.25. The third kappa shape index (κ3) is 6.12. The standard InChI is InChI=1S/C19H21ClN2O3/c1-14-3-5-15(6-4-14)13-22(12-11-18(23)25-2)19(24)21-17-9-7-16(20)8-10-17/h3-10H,11-13H2,1-2H3,(H,21,24). The van der Waals surface area contributed by atoms with Gasteiger partial charge in [0.05, 0.1) is 13.5 Å². The number of ether oxygens (including phenoxy) is 1. The molecule has 0 aliphatic rings. The van der Waals surface area contributed by atoms with E-state index in [1.807, 2.05) is 31.2 Å². The zero-order chi connectivity index (χ0) is 18.2. The van der Waals surface area contributed by atoms with Crippen molar-refractivity contribution in [1.29, 1.82) is 0 Å². The van der Waals surface area contributed by atoms with Crippen LogP contribution in [0.2, 0.25) is 5.02 Å². The topological polar surface area (TPSA) is 58.6 Å². The summed E-state index contributed by atoms with van der Waals surface area (Å²) in [6.45, 7) is 2.67. The number of methoxy groups -OCH3 is 1. The minimum atomic E-state index is -0.354. The Bertz CT molecular complexity index is 714. The first-order valence-electron chi connectivity index (χ1n) is 7.92. The van der Waals surface area contributed by atoms with E-state index >= 15 is 0 Å². The molecule has 0 fully saturated rings. The van der Waals surface area contributed by atoms with Crippen LogP contribution in [0.25, 0.3) is 0 Å². The van der Waals surface area contributed by atoms with Gasteiger partial charge in [0, 0.05) is 23.8 Å². The van der Waals surface area contributed by atoms with Gasteiger partial charge in [0.15, 0.2) is 0 Å². The molecule has 0 spiro atoms. The molecule has 5 nitrogen and oxygen atoms in total. The van der Waals surface area contributed by atoms with E-state index in [0.29, 0.717) is 17.3 Å². The lowest BCUT2D eigenvalue weighted by Gasteiger charge is -2.23. The number of nitrogens with one attached hydrogen (secondary N) is 1. The predicted molar refractivity (Wildman–Crippen MR) is 98.7 cm³/mol. The summed E-state index contributed by atoms with van der Waals surface area (Å²) >= 11 is 5.86. The Morgan fingerprint density at radius 2 is 1.72 bits per heavy atom. The lowest BCUT2D eigenvalue weighted by Crippen LogP contribution is -2.36. The summed E-state index contributed by atoms with van der Waals surface area (Å²) in [5.74, 6) is -0.354. The molecular formula is C19H21ClN2O3. The molecule has 2 aromatic rings. The Kier molecular flexibility index (Phi) is 6.83. The van der Waals surface area contributed by atoms with E-state index in [4.69, 9.17) is 11.6 Å². The second-order valence-electron chi connectivity index (χ2n) is 5.67. The first-order valence-corrected chi connectivity index (χ1v) is 8.29. The van der Waals surface area contributed by atoms with Crippen molar-refractivity contribution in [1.82, 2.24) is 4.90 Å². The maximum absolute atomic E-state index is 12.6. The average molecular weight is 361 g/mol. The molecule has 0 aliphatic heterocycles. The Labute approximate surface area is 152 Å². The molecule has 2 rings (SSSR count). The molecule has 2 amide bonds. The van der Waals surface area contributed by atoms with Gasteiger partial charge in [-0.1, -0.05) is 41.4 Å². The van der Waals surface area contributed by atoms with E-state index in [9.17, 15) is 9.59 Å². The van der Waals surface area contributed by atoms with Crippen LogP contribution in [0.3, 0.4) is 0 Å². The third-order valence-corrected chi connectivity index (χ3v) is 3.94. The van der Waals surface area contributed by atoms with Crippen molar-refractivity contribution in [2.75, 3.05) is 19.0 Å². The van der Waals surface area contributed by atoms with Crippen molar-refractivity contribution in [2.24, 2.45) is 0 Å². The second kappa shape index (κ2) is 9.08. The highest BCUT2D eigenvalue weighted by atomic mass is 35.5. The number of rotatable bonds is 6. The molecule has 0 saturated carbocycles. The fourth-order valence-electron chi connectivity index (χ4n) is 2.23. The normalized spacial score (nSPS) is 10.2. The zero-order valence-electron chi connectivity index (χ0n) is 14.3. The van der Waals surface area contributed by atoms with Crippen molar-refractivity contribution < 1.29 is 14.3 Å². The number of hydrogen-bond donors (Lipinski definition) is 1. The van der Waals surface area contributed by atoms with Crippen LogP contribution in [0.1, 0.15) is 17.5 Å². The Hall–Kier alpha value is -2.53. The lowest BCUT2D eigenvalue weighted by molar-refractivity contribution is -0.140. The van der Waals surface area contributed by atoms with E-state index in [0.717, 1.165) is 11.1 Å². The average Bonchev–Trinajstić information content (AvgIpc) is 2.61. The Morgan fingerprint density at radius 3 is 2.32 bits per heavy atom. The van der Waals surface area contributed by atoms with Crippen LogP contribution >= 0.6 is 11.6 Å². The van der Waals surface area contributed by atoms with Crippen molar-refractivity contribution >= 4 is 29.3 Å². The number of aryl methyl sites for hydroxylation is 1. The highest BCUT2D eigenvalue weighted by Crippen LogP contribution is 2.15. The van der Waals surface area contributed by atoms with Gasteiger partial charge in [-0.25, -0.2) is 4.79 Å². The van der Waals surface area contributed by atoms with Crippen LogP contribution in [0, 0.1) is 6.92 Å². The van der Waals surface area contributed by atoms with E-state index in [1.165, 1.54) is 7.11 Å². The molecule has 2 aromatic carbocycles. The molecule has 0 unspecified atom stereocenters. The van der Waals surface area contributed by atoms with Crippen LogP contribution < -0.4 is 5.32 Å². The van der Waals surface area contributed by atoms with Crippen LogP contribution in [0.15, 0.2) is 48.5 Å². The zero-order valence-corrected chi connectivity index (χ0v) is 15.0. The largest absolute Gasteiger partial charge is 0.469 e. The molecule has 0 atom stereocenters. The number of carbonyl (C=O) groups is 2. The summed E-state index contributed by atoms with van der Waals surface area (Å²) in [5, 5.41) is 3.42. The van der Waals surface area contributed by atoms with Gasteiger partial charge in [0.1, 0.15) is 0 Å². The maximum atomic E-state index is 12.6. The minimum absolute atomic E-state index is 0.135. The molecule has 0 aliphatic carbocycles. The van der Waals surface area contributed by atoms with Crippen molar-refractivity contribution in [3.05, 3.63) is 64.7 Å². The maximum Gasteiger partial charge on any atom is 0.322 e. The first-order chi connectivity index (χ1) is 12.0. The van der Waals surface area contributed by atoms with Gasteiger partial charge >= 0.3 is 12.0 Å². The van der Waals surface area contributed by atoms with Gasteiger partial charge in [-0.15, -0.1) is 0 Å². The number of halogens is 1. The highest BCUT2D eigenvalue weighted by Gasteiger charge is 2.16. The number of hydrogen-bond acceptors (Lipinski definition) is 3. The molecule has 25 heavy (non-hydrogen) atoms. The second-order valence-corrected chi connectivity index (χ2v) is 6.11. The summed E-state index contributed by atoms with van der Waals surface area (Å²) in [6.07, 6.45) is 0.135. The van der Waals surface area contributed by atoms with E-state index in [1.54, 1.807) is 29.2 Å². The van der Waals surface area contributed by atoms with E-state index in [2.05, 4.69) is 10.1 Å². The SMILES string of the molecule is COC(=O)CCN(Cc1ccc(C)cc1)C(=O)Nc1ccc(Cl)cc1. The number of benzene rings is 2. The van der Waals surface area contributed by atoms with Crippen LogP contribution in [0.5, 0.6) is 0 Å². The molecule has 6 heteroatoms. The molecule has 0 bridgehead atoms. The summed E-state index contributed by atoms with van der Waals surface area (Å²) in [5.41, 5.74) is 2.78. The first kappa shape index (κ1) is 18.8. The monoisotopic (exact) mass is 360 g/mol. The van der Waals surface area contributed by atoms with Gasteiger partial charge in [-0.3, -0.25) is 4.79 Å². The number of amides is 2. The number of nitrogens with zero attached hydrogens (tertiary/aromatic N) is 1. The minimum Gasteiger partial charge on any atom is -0.469 e. The van der Waals surface area contributed by atoms with Crippen LogP contribution in [-0.4, -0.2) is 30.6 Å². The number of urea groups is 1. The fraction of sp³-hybridized carbons (Fsp3) is 0.263. The quantitative estimate of drug-likeness (QED) is 0.783. The Balaban J connectivity index is 2.08. The number of carbonyl (C=O) groups excluding carboxylic acids is 2. The molecule has 0 heterocycles. The van der Waals surface area contributed by atoms with Gasteiger partial charge in [0.2, 0.25) is 0 Å². The number of esters is 1. The summed E-state index contributed by atoms with van der Waals surface area (Å²) in [6, 6.07) is 14.5. The molecule has 132 valence electrons. The van der Waals surface area contributed by atoms with Gasteiger partial charge < -0.3 is 15.0 Å². The molecule has 0 aromatic heterocycles. The Morgan fingerprint density at radius 1 is 1.08 bits per heavy atom. The van der Waals surface area contributed by atoms with Crippen LogP contribution in [-0.2, 0) is 16.1 Å². The molecular weight excluding hydrogens is 340 g/mol. The van der Waals surface area contributed by atoms with Crippen molar-refractivity contribution in [2.45, 2.75) is 19.9 Å². The molecule has 0 radical (unpaired) electrons. The van der Waals surface area contributed by atoms with Gasteiger partial charge in [-0.2, -0.15) is 0 Å². The highest BCUT2D eigenvalue weighted by molar-refractivity contribution is 6.30. The summed E-state index contributed by atoms with van der Waals surface area (Å²) in [7, 11) is 1.33. The van der Waals surface area contributed by atoms with E-state index < -0.39 is 0 Å².